The zero-order valence-electron chi connectivity index (χ0n) is 9.47. The van der Waals surface area contributed by atoms with Crippen LogP contribution in [0.5, 0.6) is 0 Å². The van der Waals surface area contributed by atoms with Gasteiger partial charge in [0.15, 0.2) is 0 Å². The Morgan fingerprint density at radius 1 is 1.47 bits per heavy atom. The molecule has 1 saturated heterocycles. The molecule has 0 aromatic heterocycles. The lowest BCUT2D eigenvalue weighted by Crippen LogP contribution is -2.30. The molecule has 6 heteroatoms. The summed E-state index contributed by atoms with van der Waals surface area (Å²) in [4.78, 5) is 0.323. The molecule has 0 N–H and O–H groups in total. The van der Waals surface area contributed by atoms with Crippen LogP contribution in [0.2, 0.25) is 0 Å². The Balaban J connectivity index is 2.25. The van der Waals surface area contributed by atoms with Crippen LogP contribution >= 0.6 is 15.9 Å². The third-order valence-electron chi connectivity index (χ3n) is 2.87. The van der Waals surface area contributed by atoms with Crippen molar-refractivity contribution in [2.45, 2.75) is 17.4 Å². The highest BCUT2D eigenvalue weighted by Gasteiger charge is 2.32. The minimum atomic E-state index is -3.38. The normalized spacial score (nSPS) is 21.9. The van der Waals surface area contributed by atoms with E-state index in [1.807, 2.05) is 0 Å². The van der Waals surface area contributed by atoms with E-state index in [1.165, 1.54) is 4.31 Å². The summed E-state index contributed by atoms with van der Waals surface area (Å²) in [5, 5.41) is 0. The first kappa shape index (κ1) is 13.0. The first-order chi connectivity index (χ1) is 8.04. The van der Waals surface area contributed by atoms with Crippen molar-refractivity contribution in [2.75, 3.05) is 20.2 Å². The predicted octanol–water partition coefficient (Wildman–Crippen LogP) is 1.86. The minimum absolute atomic E-state index is 0.0110. The molecule has 1 aromatic carbocycles. The fourth-order valence-electron chi connectivity index (χ4n) is 1.88. The highest BCUT2D eigenvalue weighted by molar-refractivity contribution is 9.10. The van der Waals surface area contributed by atoms with Gasteiger partial charge in [-0.05, 0) is 24.6 Å². The Bertz CT molecular complexity index is 503. The molecule has 0 spiro atoms. The van der Waals surface area contributed by atoms with E-state index in [0.29, 0.717) is 18.0 Å². The van der Waals surface area contributed by atoms with Gasteiger partial charge >= 0.3 is 0 Å². The van der Waals surface area contributed by atoms with E-state index in [2.05, 4.69) is 15.9 Å². The van der Waals surface area contributed by atoms with Gasteiger partial charge in [0.05, 0.1) is 11.0 Å². The fourth-order valence-corrected chi connectivity index (χ4v) is 3.97. The smallest absolute Gasteiger partial charge is 0.243 e. The van der Waals surface area contributed by atoms with Crippen LogP contribution in [0.4, 0.5) is 0 Å². The van der Waals surface area contributed by atoms with Crippen molar-refractivity contribution in [3.05, 3.63) is 28.7 Å². The summed E-state index contributed by atoms with van der Waals surface area (Å²) in [5.41, 5.74) is 0. The molecule has 4 nitrogen and oxygen atoms in total. The largest absolute Gasteiger partial charge is 0.380 e. The van der Waals surface area contributed by atoms with Gasteiger partial charge in [-0.25, -0.2) is 8.42 Å². The lowest BCUT2D eigenvalue weighted by atomic mass is 10.3. The van der Waals surface area contributed by atoms with Gasteiger partial charge in [0.25, 0.3) is 0 Å². The maximum atomic E-state index is 12.3. The van der Waals surface area contributed by atoms with Crippen LogP contribution in [0.3, 0.4) is 0 Å². The highest BCUT2D eigenvalue weighted by atomic mass is 79.9. The van der Waals surface area contributed by atoms with Crippen LogP contribution in [0.15, 0.2) is 33.6 Å². The van der Waals surface area contributed by atoms with Gasteiger partial charge in [0.2, 0.25) is 10.0 Å². The zero-order valence-corrected chi connectivity index (χ0v) is 11.9. The van der Waals surface area contributed by atoms with Gasteiger partial charge in [-0.3, -0.25) is 0 Å². The summed E-state index contributed by atoms with van der Waals surface area (Å²) in [6.07, 6.45) is 0.765. The van der Waals surface area contributed by atoms with Crippen LogP contribution in [0.1, 0.15) is 6.42 Å². The third-order valence-corrected chi connectivity index (χ3v) is 5.23. The number of benzene rings is 1. The first-order valence-corrected chi connectivity index (χ1v) is 7.56. The Hall–Kier alpha value is -0.430. The second-order valence-electron chi connectivity index (χ2n) is 3.97. The van der Waals surface area contributed by atoms with Crippen molar-refractivity contribution < 1.29 is 13.2 Å². The molecule has 0 aliphatic carbocycles. The summed E-state index contributed by atoms with van der Waals surface area (Å²) < 4.78 is 32.0. The third kappa shape index (κ3) is 2.70. The monoisotopic (exact) mass is 319 g/mol. The van der Waals surface area contributed by atoms with Gasteiger partial charge < -0.3 is 4.74 Å². The molecule has 1 aliphatic rings. The first-order valence-electron chi connectivity index (χ1n) is 5.32. The minimum Gasteiger partial charge on any atom is -0.380 e. The maximum Gasteiger partial charge on any atom is 0.243 e. The number of hydrogen-bond donors (Lipinski definition) is 0. The summed E-state index contributed by atoms with van der Waals surface area (Å²) in [6, 6.07) is 6.76. The summed E-state index contributed by atoms with van der Waals surface area (Å²) >= 11 is 3.28. The van der Waals surface area contributed by atoms with Gasteiger partial charge in [-0.15, -0.1) is 0 Å². The van der Waals surface area contributed by atoms with E-state index in [-0.39, 0.29) is 6.10 Å². The van der Waals surface area contributed by atoms with E-state index in [0.717, 1.165) is 10.9 Å². The zero-order chi connectivity index (χ0) is 12.5. The van der Waals surface area contributed by atoms with E-state index in [4.69, 9.17) is 4.74 Å². The van der Waals surface area contributed by atoms with Crippen LogP contribution in [0, 0.1) is 0 Å². The SMILES string of the molecule is CO[C@@H]1CCN(S(=O)(=O)c2cccc(Br)c2)C1. The molecule has 1 aromatic rings. The number of halogens is 1. The molecule has 94 valence electrons. The predicted molar refractivity (Wildman–Crippen MR) is 68.3 cm³/mol. The molecular formula is C11H14BrNO3S. The number of sulfonamides is 1. The van der Waals surface area contributed by atoms with E-state index in [9.17, 15) is 8.42 Å². The Morgan fingerprint density at radius 2 is 2.24 bits per heavy atom. The van der Waals surface area contributed by atoms with Crippen LogP contribution in [-0.2, 0) is 14.8 Å². The standard InChI is InChI=1S/C11H14BrNO3S/c1-16-10-5-6-13(8-10)17(14,15)11-4-2-3-9(12)7-11/h2-4,7,10H,5-6,8H2,1H3/t10-/m1/s1. The molecule has 0 saturated carbocycles. The van der Waals surface area contributed by atoms with Crippen molar-refractivity contribution >= 4 is 26.0 Å². The number of nitrogens with zero attached hydrogens (tertiary/aromatic N) is 1. The van der Waals surface area contributed by atoms with Gasteiger partial charge in [0, 0.05) is 24.7 Å². The van der Waals surface area contributed by atoms with Crippen LogP contribution in [-0.4, -0.2) is 39.0 Å². The molecule has 1 fully saturated rings. The number of hydrogen-bond acceptors (Lipinski definition) is 3. The summed E-state index contributed by atoms with van der Waals surface area (Å²) in [7, 11) is -1.77. The molecule has 0 amide bonds. The Kier molecular flexibility index (Phi) is 3.87. The molecule has 0 bridgehead atoms. The lowest BCUT2D eigenvalue weighted by Gasteiger charge is -2.16. The van der Waals surface area contributed by atoms with E-state index < -0.39 is 10.0 Å². The van der Waals surface area contributed by atoms with E-state index >= 15 is 0 Å². The Morgan fingerprint density at radius 3 is 2.82 bits per heavy atom. The van der Waals surface area contributed by atoms with Crippen molar-refractivity contribution in [1.82, 2.24) is 4.31 Å². The highest BCUT2D eigenvalue weighted by Crippen LogP contribution is 2.24. The average molecular weight is 320 g/mol. The maximum absolute atomic E-state index is 12.3. The van der Waals surface area contributed by atoms with Crippen molar-refractivity contribution in [2.24, 2.45) is 0 Å². The number of rotatable bonds is 3. The molecule has 0 radical (unpaired) electrons. The average Bonchev–Trinajstić information content (AvgIpc) is 2.78. The number of ether oxygens (including phenoxy) is 1. The van der Waals surface area contributed by atoms with Crippen LogP contribution in [0.25, 0.3) is 0 Å². The van der Waals surface area contributed by atoms with Crippen molar-refractivity contribution in [1.29, 1.82) is 0 Å². The molecule has 2 rings (SSSR count). The Labute approximate surface area is 110 Å². The molecule has 1 heterocycles. The molecule has 0 unspecified atom stereocenters. The molecule has 17 heavy (non-hydrogen) atoms. The molecular weight excluding hydrogens is 306 g/mol. The van der Waals surface area contributed by atoms with Gasteiger partial charge in [-0.2, -0.15) is 4.31 Å². The number of methoxy groups -OCH3 is 1. The van der Waals surface area contributed by atoms with Crippen molar-refractivity contribution in [3.63, 3.8) is 0 Å². The second-order valence-corrected chi connectivity index (χ2v) is 6.82. The summed E-state index contributed by atoms with van der Waals surface area (Å²) in [6.45, 7) is 0.957. The lowest BCUT2D eigenvalue weighted by molar-refractivity contribution is 0.115. The fraction of sp³-hybridized carbons (Fsp3) is 0.455. The van der Waals surface area contributed by atoms with E-state index in [1.54, 1.807) is 31.4 Å². The summed E-state index contributed by atoms with van der Waals surface area (Å²) in [5.74, 6) is 0. The van der Waals surface area contributed by atoms with Gasteiger partial charge in [-0.1, -0.05) is 22.0 Å². The topological polar surface area (TPSA) is 46.6 Å². The second kappa shape index (κ2) is 5.06. The quantitative estimate of drug-likeness (QED) is 0.854. The van der Waals surface area contributed by atoms with Crippen LogP contribution < -0.4 is 0 Å². The molecule has 1 atom stereocenters. The van der Waals surface area contributed by atoms with Gasteiger partial charge in [0.1, 0.15) is 0 Å². The van der Waals surface area contributed by atoms with Crippen molar-refractivity contribution in [3.8, 4) is 0 Å². The molecule has 1 aliphatic heterocycles.